The molecule has 14 heteroatoms. The number of aliphatic hydroxyl groups is 1. The topological polar surface area (TPSA) is 195 Å². The minimum Gasteiger partial charge on any atom is -0.493 e. The smallest absolute Gasteiger partial charge is 0.348 e. The quantitative estimate of drug-likeness (QED) is 0.236. The summed E-state index contributed by atoms with van der Waals surface area (Å²) < 4.78 is 27.2. The number of piperidine rings is 1. The summed E-state index contributed by atoms with van der Waals surface area (Å²) in [6.45, 7) is 1.82. The predicted octanol–water partition coefficient (Wildman–Crippen LogP) is 0.699. The molecule has 1 aromatic carbocycles. The molecule has 2 unspecified atom stereocenters. The summed E-state index contributed by atoms with van der Waals surface area (Å²) in [6, 6.07) is 3.64. The van der Waals surface area contributed by atoms with Crippen molar-refractivity contribution >= 4 is 29.8 Å². The van der Waals surface area contributed by atoms with Crippen LogP contribution in [0, 0.1) is 0 Å². The Morgan fingerprint density at radius 2 is 1.84 bits per heavy atom. The van der Waals surface area contributed by atoms with Crippen molar-refractivity contribution in [2.75, 3.05) is 20.7 Å². The van der Waals surface area contributed by atoms with Crippen LogP contribution in [0.2, 0.25) is 0 Å². The molecule has 0 saturated carbocycles. The van der Waals surface area contributed by atoms with Gasteiger partial charge in [-0.05, 0) is 51.1 Å². The molecule has 2 aliphatic carbocycles. The molecule has 0 aromatic heterocycles. The number of hydrogen-bond acceptors (Lipinski definition) is 12. The number of ether oxygens (including phenoxy) is 5. The lowest BCUT2D eigenvalue weighted by molar-refractivity contribution is -0.178. The molecule has 1 saturated heterocycles. The lowest BCUT2D eigenvalue weighted by atomic mass is 9.50. The summed E-state index contributed by atoms with van der Waals surface area (Å²) in [5.74, 6) is -4.87. The highest BCUT2D eigenvalue weighted by Gasteiger charge is 2.72. The average molecular weight is 604 g/mol. The molecule has 6 atom stereocenters. The molecule has 1 spiro atoms. The van der Waals surface area contributed by atoms with Gasteiger partial charge < -0.3 is 43.9 Å². The first-order valence-corrected chi connectivity index (χ1v) is 13.9. The summed E-state index contributed by atoms with van der Waals surface area (Å²) in [5, 5.41) is 30.0. The van der Waals surface area contributed by atoms with Crippen molar-refractivity contribution in [1.82, 2.24) is 4.90 Å². The number of hydrogen-bond donors (Lipinski definition) is 3. The van der Waals surface area contributed by atoms with Crippen LogP contribution in [0.25, 0.3) is 0 Å². The Kier molecular flexibility index (Phi) is 7.86. The molecular formula is C29H33NO13. The van der Waals surface area contributed by atoms with Crippen LogP contribution in [0.1, 0.15) is 50.2 Å². The number of esters is 3. The molecule has 14 nitrogen and oxygen atoms in total. The summed E-state index contributed by atoms with van der Waals surface area (Å²) in [7, 11) is 3.51. The van der Waals surface area contributed by atoms with E-state index in [9.17, 15) is 29.1 Å². The van der Waals surface area contributed by atoms with Crippen LogP contribution in [0.15, 0.2) is 24.0 Å². The number of likely N-dealkylation sites (N-methyl/N-ethyl adjacent to an activating group) is 1. The summed E-state index contributed by atoms with van der Waals surface area (Å²) in [6.07, 6.45) is -3.08. The van der Waals surface area contributed by atoms with Crippen LogP contribution >= 0.6 is 0 Å². The molecule has 1 aromatic rings. The number of carboxylic acid groups (broad SMARTS) is 2. The van der Waals surface area contributed by atoms with Crippen molar-refractivity contribution in [3.63, 3.8) is 0 Å². The third-order valence-corrected chi connectivity index (χ3v) is 8.86. The van der Waals surface area contributed by atoms with E-state index in [-0.39, 0.29) is 18.2 Å². The average Bonchev–Trinajstić information content (AvgIpc) is 3.30. The lowest BCUT2D eigenvalue weighted by Crippen LogP contribution is -2.74. The van der Waals surface area contributed by atoms with E-state index in [0.717, 1.165) is 18.1 Å². The molecule has 2 aliphatic heterocycles. The van der Waals surface area contributed by atoms with Crippen LogP contribution in [-0.2, 0) is 50.0 Å². The maximum atomic E-state index is 12.9. The van der Waals surface area contributed by atoms with E-state index in [1.54, 1.807) is 6.08 Å². The first-order valence-electron chi connectivity index (χ1n) is 13.9. The van der Waals surface area contributed by atoms with Gasteiger partial charge in [-0.15, -0.1) is 0 Å². The molecular weight excluding hydrogens is 570 g/mol. The molecule has 2 heterocycles. The second kappa shape index (κ2) is 11.2. The van der Waals surface area contributed by atoms with Gasteiger partial charge in [0.05, 0.1) is 37.4 Å². The van der Waals surface area contributed by atoms with E-state index in [2.05, 4.69) is 9.64 Å². The fourth-order valence-corrected chi connectivity index (χ4v) is 6.85. The van der Waals surface area contributed by atoms with E-state index in [1.165, 1.54) is 7.11 Å². The van der Waals surface area contributed by atoms with Gasteiger partial charge in [0.1, 0.15) is 5.76 Å². The van der Waals surface area contributed by atoms with Gasteiger partial charge in [0.15, 0.2) is 23.7 Å². The highest BCUT2D eigenvalue weighted by Crippen LogP contribution is 2.65. The van der Waals surface area contributed by atoms with E-state index in [1.807, 2.05) is 19.2 Å². The molecule has 1 fully saturated rings. The Balaban J connectivity index is 1.24. The van der Waals surface area contributed by atoms with Crippen LogP contribution < -0.4 is 9.47 Å². The van der Waals surface area contributed by atoms with Gasteiger partial charge in [-0.25, -0.2) is 9.59 Å². The first kappa shape index (κ1) is 30.3. The van der Waals surface area contributed by atoms with Gasteiger partial charge in [0.25, 0.3) is 0 Å². The van der Waals surface area contributed by atoms with Crippen LogP contribution in [-0.4, -0.2) is 101 Å². The molecule has 4 aliphatic rings. The number of likely N-dealkylation sites (tertiary alicyclic amines) is 1. The van der Waals surface area contributed by atoms with Gasteiger partial charge >= 0.3 is 29.8 Å². The van der Waals surface area contributed by atoms with Crippen molar-refractivity contribution in [2.24, 2.45) is 0 Å². The molecule has 2 bridgehead atoms. The van der Waals surface area contributed by atoms with Gasteiger partial charge in [-0.3, -0.25) is 14.4 Å². The highest BCUT2D eigenvalue weighted by atomic mass is 16.6. The van der Waals surface area contributed by atoms with Crippen LogP contribution in [0.3, 0.4) is 0 Å². The van der Waals surface area contributed by atoms with Crippen molar-refractivity contribution in [3.05, 3.63) is 35.1 Å². The van der Waals surface area contributed by atoms with Gasteiger partial charge in [0.2, 0.25) is 6.10 Å². The summed E-state index contributed by atoms with van der Waals surface area (Å²) in [4.78, 5) is 61.3. The Labute approximate surface area is 246 Å². The number of aliphatic carboxylic acids is 2. The maximum absolute atomic E-state index is 12.9. The molecule has 43 heavy (non-hydrogen) atoms. The van der Waals surface area contributed by atoms with Gasteiger partial charge in [0, 0.05) is 18.0 Å². The number of benzene rings is 1. The minimum absolute atomic E-state index is 0.175. The Morgan fingerprint density at radius 3 is 2.51 bits per heavy atom. The molecule has 0 radical (unpaired) electrons. The Morgan fingerprint density at radius 1 is 1.12 bits per heavy atom. The first-order chi connectivity index (χ1) is 20.3. The standard InChI is InChI=1S/C29H33NO13/c1-14(27(37)42-18(26(35)36)13-20(31)32)40-21(33)6-7-22(34)41-17-8-9-29(38)19-12-15-4-5-16(39-3)24-23(15)28(29,25(17)43-24)10-11-30(19)2/h4-5,8,14,18-19,25,38H,6-7,9-13H2,1-3H3,(H,31,32)(H,35,36)/t14?,18?,19-,25+,28+,29-/m1/s1. The maximum Gasteiger partial charge on any atom is 0.348 e. The monoisotopic (exact) mass is 603 g/mol. The third kappa shape index (κ3) is 4.97. The summed E-state index contributed by atoms with van der Waals surface area (Å²) in [5.41, 5.74) is -0.123. The molecule has 5 rings (SSSR count). The minimum atomic E-state index is -1.95. The van der Waals surface area contributed by atoms with Crippen LogP contribution in [0.4, 0.5) is 0 Å². The number of methoxy groups -OCH3 is 1. The number of nitrogens with zero attached hydrogens (tertiary/aromatic N) is 1. The van der Waals surface area contributed by atoms with Crippen molar-refractivity contribution < 1.29 is 63.0 Å². The lowest BCUT2D eigenvalue weighted by Gasteiger charge is -2.61. The van der Waals surface area contributed by atoms with Gasteiger partial charge in [-0.2, -0.15) is 0 Å². The van der Waals surface area contributed by atoms with E-state index < -0.39 is 78.4 Å². The Hall–Kier alpha value is -4.17. The van der Waals surface area contributed by atoms with Crippen molar-refractivity contribution in [2.45, 2.75) is 80.8 Å². The third-order valence-electron chi connectivity index (χ3n) is 8.86. The molecule has 0 amide bonds. The number of carbonyl (C=O) groups is 5. The van der Waals surface area contributed by atoms with E-state index >= 15 is 0 Å². The normalized spacial score (nSPS) is 27.9. The number of carbonyl (C=O) groups excluding carboxylic acids is 3. The summed E-state index contributed by atoms with van der Waals surface area (Å²) >= 11 is 0. The molecule has 3 N–H and O–H groups in total. The van der Waals surface area contributed by atoms with Crippen molar-refractivity contribution in [3.8, 4) is 11.5 Å². The second-order valence-electron chi connectivity index (χ2n) is 11.3. The zero-order chi connectivity index (χ0) is 31.3. The number of rotatable bonds is 11. The van der Waals surface area contributed by atoms with Gasteiger partial charge in [-0.1, -0.05) is 6.07 Å². The number of carboxylic acids is 2. The van der Waals surface area contributed by atoms with Crippen LogP contribution in [0.5, 0.6) is 11.5 Å². The SMILES string of the molecule is COc1ccc2c3c1O[C@H]1C(OC(=O)CCC(=O)OC(C)C(=O)OC(CC(=O)O)C(=O)O)=CC[C@@]4(O)[C@@H](C2)N(C)CC[C@]314. The van der Waals surface area contributed by atoms with Crippen molar-refractivity contribution in [1.29, 1.82) is 0 Å². The molecule has 232 valence electrons. The predicted molar refractivity (Wildman–Crippen MR) is 142 cm³/mol. The largest absolute Gasteiger partial charge is 0.493 e. The van der Waals surface area contributed by atoms with E-state index in [4.69, 9.17) is 29.2 Å². The zero-order valence-electron chi connectivity index (χ0n) is 23.9. The second-order valence-corrected chi connectivity index (χ2v) is 11.3. The zero-order valence-corrected chi connectivity index (χ0v) is 23.9. The fourth-order valence-electron chi connectivity index (χ4n) is 6.85. The highest BCUT2D eigenvalue weighted by molar-refractivity contribution is 5.85. The fraction of sp³-hybridized carbons (Fsp3) is 0.552. The van der Waals surface area contributed by atoms with E-state index in [0.29, 0.717) is 30.9 Å². The Bertz CT molecular complexity index is 1400.